The second kappa shape index (κ2) is 4.63. The van der Waals surface area contributed by atoms with Crippen molar-refractivity contribution in [2.24, 2.45) is 0 Å². The first-order chi connectivity index (χ1) is 9.59. The van der Waals surface area contributed by atoms with Gasteiger partial charge in [0.15, 0.2) is 0 Å². The molecule has 3 rings (SSSR count). The van der Waals surface area contributed by atoms with Gasteiger partial charge in [-0.05, 0) is 25.3 Å². The van der Waals surface area contributed by atoms with Crippen molar-refractivity contribution in [3.63, 3.8) is 0 Å². The molecule has 2 aromatic rings. The molecule has 0 amide bonds. The summed E-state index contributed by atoms with van der Waals surface area (Å²) in [7, 11) is 0. The Labute approximate surface area is 113 Å². The van der Waals surface area contributed by atoms with Crippen LogP contribution >= 0.6 is 0 Å². The molecular formula is C14H13FN2O3. The van der Waals surface area contributed by atoms with E-state index in [0.29, 0.717) is 0 Å². The standard InChI is InChI=1S/C14H13FN2O3/c15-10-7-2-1-6-9(10)11-12(18)16-14(20)17(13(11)19)8-4-3-5-8/h1-2,6-8,19H,3-5H2,(H,16,18,20). The SMILES string of the molecule is O=c1[nH]c(=O)n(C2CCC2)c(O)c1-c1ccccc1F. The van der Waals surface area contributed by atoms with E-state index in [1.165, 1.54) is 18.2 Å². The van der Waals surface area contributed by atoms with E-state index in [9.17, 15) is 19.1 Å². The summed E-state index contributed by atoms with van der Waals surface area (Å²) in [4.78, 5) is 25.9. The van der Waals surface area contributed by atoms with Crippen LogP contribution in [0.3, 0.4) is 0 Å². The van der Waals surface area contributed by atoms with Crippen LogP contribution in [0.4, 0.5) is 4.39 Å². The molecule has 0 aliphatic heterocycles. The molecular weight excluding hydrogens is 263 g/mol. The Kier molecular flexibility index (Phi) is 2.93. The maximum Gasteiger partial charge on any atom is 0.331 e. The lowest BCUT2D eigenvalue weighted by atomic mass is 9.92. The fraction of sp³-hybridized carbons (Fsp3) is 0.286. The van der Waals surface area contributed by atoms with Gasteiger partial charge in [0.05, 0.1) is 0 Å². The lowest BCUT2D eigenvalue weighted by Crippen LogP contribution is -2.35. The number of aromatic hydroxyl groups is 1. The number of aromatic nitrogens is 2. The quantitative estimate of drug-likeness (QED) is 0.877. The van der Waals surface area contributed by atoms with E-state index in [-0.39, 0.29) is 17.2 Å². The van der Waals surface area contributed by atoms with Gasteiger partial charge in [-0.2, -0.15) is 0 Å². The summed E-state index contributed by atoms with van der Waals surface area (Å²) >= 11 is 0. The summed E-state index contributed by atoms with van der Waals surface area (Å²) in [5.41, 5.74) is -1.65. The third-order valence-corrected chi connectivity index (χ3v) is 3.70. The molecule has 1 saturated carbocycles. The van der Waals surface area contributed by atoms with E-state index in [1.807, 2.05) is 0 Å². The first-order valence-corrected chi connectivity index (χ1v) is 6.42. The average molecular weight is 276 g/mol. The molecule has 1 fully saturated rings. The van der Waals surface area contributed by atoms with Crippen LogP contribution in [0.5, 0.6) is 5.88 Å². The molecule has 1 aromatic carbocycles. The fourth-order valence-electron chi connectivity index (χ4n) is 2.43. The zero-order valence-electron chi connectivity index (χ0n) is 10.6. The Morgan fingerprint density at radius 2 is 1.95 bits per heavy atom. The molecule has 0 bridgehead atoms. The first kappa shape index (κ1) is 12.7. The van der Waals surface area contributed by atoms with Crippen LogP contribution in [0.1, 0.15) is 25.3 Å². The van der Waals surface area contributed by atoms with Crippen LogP contribution in [-0.4, -0.2) is 14.7 Å². The number of nitrogens with one attached hydrogen (secondary N) is 1. The van der Waals surface area contributed by atoms with E-state index >= 15 is 0 Å². The Morgan fingerprint density at radius 3 is 2.55 bits per heavy atom. The zero-order valence-corrected chi connectivity index (χ0v) is 10.6. The Bertz CT molecular complexity index is 775. The number of hydrogen-bond donors (Lipinski definition) is 2. The van der Waals surface area contributed by atoms with Gasteiger partial charge in [-0.1, -0.05) is 18.2 Å². The van der Waals surface area contributed by atoms with Crippen molar-refractivity contribution in [3.05, 3.63) is 50.9 Å². The lowest BCUT2D eigenvalue weighted by Gasteiger charge is -2.28. The highest BCUT2D eigenvalue weighted by Crippen LogP contribution is 2.35. The maximum atomic E-state index is 13.8. The summed E-state index contributed by atoms with van der Waals surface area (Å²) in [5, 5.41) is 10.2. The molecule has 1 aliphatic carbocycles. The highest BCUT2D eigenvalue weighted by Gasteiger charge is 2.27. The molecule has 0 unspecified atom stereocenters. The van der Waals surface area contributed by atoms with Crippen LogP contribution < -0.4 is 11.2 Å². The van der Waals surface area contributed by atoms with Crippen molar-refractivity contribution < 1.29 is 9.50 Å². The molecule has 1 aromatic heterocycles. The first-order valence-electron chi connectivity index (χ1n) is 6.42. The van der Waals surface area contributed by atoms with Gasteiger partial charge in [0.25, 0.3) is 5.56 Å². The van der Waals surface area contributed by atoms with Crippen LogP contribution in [0.25, 0.3) is 11.1 Å². The summed E-state index contributed by atoms with van der Waals surface area (Å²) < 4.78 is 15.0. The average Bonchev–Trinajstić information content (AvgIpc) is 2.34. The molecule has 5 nitrogen and oxygen atoms in total. The Hall–Kier alpha value is -2.37. The van der Waals surface area contributed by atoms with Crippen molar-refractivity contribution in [2.45, 2.75) is 25.3 Å². The molecule has 0 atom stereocenters. The predicted molar refractivity (Wildman–Crippen MR) is 71.3 cm³/mol. The van der Waals surface area contributed by atoms with Crippen molar-refractivity contribution in [1.82, 2.24) is 9.55 Å². The summed E-state index contributed by atoms with van der Waals surface area (Å²) in [5.74, 6) is -1.08. The van der Waals surface area contributed by atoms with E-state index in [1.54, 1.807) is 6.07 Å². The van der Waals surface area contributed by atoms with Gasteiger partial charge in [-0.25, -0.2) is 9.18 Å². The van der Waals surface area contributed by atoms with Gasteiger partial charge in [-0.15, -0.1) is 0 Å². The van der Waals surface area contributed by atoms with Crippen molar-refractivity contribution in [3.8, 4) is 17.0 Å². The van der Waals surface area contributed by atoms with Gasteiger partial charge in [-0.3, -0.25) is 14.3 Å². The molecule has 0 radical (unpaired) electrons. The number of benzene rings is 1. The van der Waals surface area contributed by atoms with Crippen LogP contribution in [0.15, 0.2) is 33.9 Å². The highest BCUT2D eigenvalue weighted by molar-refractivity contribution is 5.67. The summed E-state index contributed by atoms with van der Waals surface area (Å²) in [6.45, 7) is 0. The molecule has 0 spiro atoms. The fourth-order valence-corrected chi connectivity index (χ4v) is 2.43. The number of aromatic amines is 1. The monoisotopic (exact) mass is 276 g/mol. The Morgan fingerprint density at radius 1 is 1.25 bits per heavy atom. The number of nitrogens with zero attached hydrogens (tertiary/aromatic N) is 1. The van der Waals surface area contributed by atoms with Gasteiger partial charge >= 0.3 is 5.69 Å². The second-order valence-corrected chi connectivity index (χ2v) is 4.89. The molecule has 20 heavy (non-hydrogen) atoms. The molecule has 1 aliphatic rings. The van der Waals surface area contributed by atoms with Crippen molar-refractivity contribution in [2.75, 3.05) is 0 Å². The van der Waals surface area contributed by atoms with Crippen LogP contribution in [-0.2, 0) is 0 Å². The molecule has 6 heteroatoms. The van der Waals surface area contributed by atoms with Gasteiger partial charge in [0.1, 0.15) is 11.4 Å². The molecule has 2 N–H and O–H groups in total. The van der Waals surface area contributed by atoms with E-state index in [2.05, 4.69) is 4.98 Å². The predicted octanol–water partition coefficient (Wildman–Crippen LogP) is 1.77. The minimum Gasteiger partial charge on any atom is -0.494 e. The van der Waals surface area contributed by atoms with E-state index in [4.69, 9.17) is 0 Å². The van der Waals surface area contributed by atoms with Gasteiger partial charge < -0.3 is 5.11 Å². The lowest BCUT2D eigenvalue weighted by molar-refractivity contribution is 0.267. The van der Waals surface area contributed by atoms with Gasteiger partial charge in [0, 0.05) is 11.6 Å². The number of hydrogen-bond acceptors (Lipinski definition) is 3. The van der Waals surface area contributed by atoms with Crippen molar-refractivity contribution in [1.29, 1.82) is 0 Å². The normalized spacial score (nSPS) is 15.1. The maximum absolute atomic E-state index is 13.8. The Balaban J connectivity index is 2.29. The molecule has 104 valence electrons. The van der Waals surface area contributed by atoms with E-state index < -0.39 is 22.9 Å². The number of H-pyrrole nitrogens is 1. The molecule has 0 saturated heterocycles. The highest BCUT2D eigenvalue weighted by atomic mass is 19.1. The largest absolute Gasteiger partial charge is 0.494 e. The smallest absolute Gasteiger partial charge is 0.331 e. The number of rotatable bonds is 2. The molecule has 1 heterocycles. The van der Waals surface area contributed by atoms with Crippen LogP contribution in [0.2, 0.25) is 0 Å². The topological polar surface area (TPSA) is 75.1 Å². The minimum atomic E-state index is -0.784. The summed E-state index contributed by atoms with van der Waals surface area (Å²) in [6.07, 6.45) is 2.48. The van der Waals surface area contributed by atoms with Crippen molar-refractivity contribution >= 4 is 0 Å². The van der Waals surface area contributed by atoms with E-state index in [0.717, 1.165) is 23.8 Å². The van der Waals surface area contributed by atoms with Crippen LogP contribution in [0, 0.1) is 5.82 Å². The van der Waals surface area contributed by atoms with Gasteiger partial charge in [0.2, 0.25) is 5.88 Å². The number of halogens is 1. The summed E-state index contributed by atoms with van der Waals surface area (Å²) in [6, 6.07) is 5.52. The third kappa shape index (κ3) is 1.84. The second-order valence-electron chi connectivity index (χ2n) is 4.89. The zero-order chi connectivity index (χ0) is 14.3. The minimum absolute atomic E-state index is 0.0145. The third-order valence-electron chi connectivity index (χ3n) is 3.70.